The molecule has 2 N–H and O–H groups in total. The predicted octanol–water partition coefficient (Wildman–Crippen LogP) is 3.60. The monoisotopic (exact) mass is 532 g/mol. The Labute approximate surface area is 220 Å². The van der Waals surface area contributed by atoms with Gasteiger partial charge in [-0.25, -0.2) is 0 Å². The van der Waals surface area contributed by atoms with Gasteiger partial charge in [-0.1, -0.05) is 19.9 Å². The maximum Gasteiger partial charge on any atom is 0.387 e. The third kappa shape index (κ3) is 7.62. The summed E-state index contributed by atoms with van der Waals surface area (Å²) in [5.41, 5.74) is 1.34. The largest absolute Gasteiger partial charge is 0.489 e. The molecule has 1 aliphatic heterocycles. The Morgan fingerprint density at radius 3 is 2.47 bits per heavy atom. The molecule has 1 aromatic carbocycles. The van der Waals surface area contributed by atoms with E-state index in [4.69, 9.17) is 4.74 Å². The molecular formula is C27H34F2N4O5. The number of amides is 3. The lowest BCUT2D eigenvalue weighted by molar-refractivity contribution is -0.129. The van der Waals surface area contributed by atoms with Gasteiger partial charge in [0.1, 0.15) is 5.69 Å². The van der Waals surface area contributed by atoms with Crippen LogP contribution in [-0.2, 0) is 4.79 Å². The highest BCUT2D eigenvalue weighted by atomic mass is 19.3. The van der Waals surface area contributed by atoms with Gasteiger partial charge in [-0.05, 0) is 49.1 Å². The summed E-state index contributed by atoms with van der Waals surface area (Å²) < 4.78 is 36.1. The van der Waals surface area contributed by atoms with Crippen molar-refractivity contribution in [2.75, 3.05) is 26.2 Å². The minimum absolute atomic E-state index is 0.0414. The Hall–Kier alpha value is -3.76. The second-order valence-corrected chi connectivity index (χ2v) is 9.55. The number of rotatable bonds is 11. The van der Waals surface area contributed by atoms with Crippen LogP contribution in [0.3, 0.4) is 0 Å². The number of hydrogen-bond acceptors (Lipinski definition) is 6. The van der Waals surface area contributed by atoms with Crippen molar-refractivity contribution in [1.29, 1.82) is 0 Å². The first-order valence-electron chi connectivity index (χ1n) is 12.6. The number of aromatic nitrogens is 1. The van der Waals surface area contributed by atoms with Gasteiger partial charge in [-0.15, -0.1) is 0 Å². The molecule has 2 heterocycles. The van der Waals surface area contributed by atoms with Crippen molar-refractivity contribution in [2.24, 2.45) is 5.92 Å². The smallest absolute Gasteiger partial charge is 0.387 e. The molecule has 2 aromatic rings. The average molecular weight is 533 g/mol. The van der Waals surface area contributed by atoms with Crippen LogP contribution in [0, 0.1) is 5.92 Å². The second-order valence-electron chi connectivity index (χ2n) is 9.55. The highest BCUT2D eigenvalue weighted by molar-refractivity contribution is 5.96. The lowest BCUT2D eigenvalue weighted by Gasteiger charge is -2.23. The molecule has 0 spiro atoms. The molecule has 1 saturated heterocycles. The summed E-state index contributed by atoms with van der Waals surface area (Å²) in [5, 5.41) is 5.49. The maximum absolute atomic E-state index is 12.9. The number of carbonyl (C=O) groups excluding carboxylic acids is 3. The predicted molar refractivity (Wildman–Crippen MR) is 137 cm³/mol. The number of carbonyl (C=O) groups is 3. The Morgan fingerprint density at radius 1 is 1.11 bits per heavy atom. The minimum Gasteiger partial charge on any atom is -0.489 e. The van der Waals surface area contributed by atoms with Crippen molar-refractivity contribution in [3.63, 3.8) is 0 Å². The van der Waals surface area contributed by atoms with Gasteiger partial charge in [-0.3, -0.25) is 19.4 Å². The van der Waals surface area contributed by atoms with E-state index in [0.29, 0.717) is 31.7 Å². The minimum atomic E-state index is -2.98. The quantitative estimate of drug-likeness (QED) is 0.458. The molecule has 1 fully saturated rings. The van der Waals surface area contributed by atoms with E-state index in [1.54, 1.807) is 17.0 Å². The molecule has 0 unspecified atom stereocenters. The summed E-state index contributed by atoms with van der Waals surface area (Å²) in [7, 11) is 0. The number of halogens is 2. The molecule has 1 aromatic heterocycles. The molecule has 2 atom stereocenters. The zero-order valence-electron chi connectivity index (χ0n) is 22.0. The molecule has 0 saturated carbocycles. The van der Waals surface area contributed by atoms with Gasteiger partial charge in [-0.2, -0.15) is 8.78 Å². The molecule has 3 amide bonds. The molecule has 9 nitrogen and oxygen atoms in total. The molecule has 11 heteroatoms. The summed E-state index contributed by atoms with van der Waals surface area (Å²) in [6.45, 7) is 5.63. The molecule has 0 aliphatic carbocycles. The van der Waals surface area contributed by atoms with Crippen LogP contribution in [-0.4, -0.2) is 66.5 Å². The van der Waals surface area contributed by atoms with Crippen molar-refractivity contribution >= 4 is 17.7 Å². The number of likely N-dealkylation sites (tertiary alicyclic amines) is 1. The summed E-state index contributed by atoms with van der Waals surface area (Å²) in [5.74, 6) is -0.540. The fourth-order valence-corrected chi connectivity index (χ4v) is 4.30. The third-order valence-corrected chi connectivity index (χ3v) is 6.14. The Bertz CT molecular complexity index is 1130. The molecular weight excluding hydrogens is 498 g/mol. The van der Waals surface area contributed by atoms with E-state index in [1.165, 1.54) is 31.3 Å². The van der Waals surface area contributed by atoms with Crippen LogP contribution in [0.2, 0.25) is 0 Å². The standard InChI is InChI=1S/C27H34F2N4O5/c1-5-30-25(35)19-6-8-22(31-12-19)26(36)32-13-21-10-20(14-33(21)17(4)34)18-7-9-23(38-27(28)29)24(11-18)37-15-16(2)3/h6-9,11-12,16,20-21,27H,5,10,13-15H2,1-4H3,(H,30,35)(H,32,36)/t20-,21-/m1/s1. The number of benzene rings is 1. The van der Waals surface area contributed by atoms with E-state index < -0.39 is 12.5 Å². The SMILES string of the molecule is CCNC(=O)c1ccc(C(=O)NC[C@H]2C[C@@H](c3ccc(OC(F)F)c(OCC(C)C)c3)CN2C(C)=O)nc1. The van der Waals surface area contributed by atoms with E-state index in [2.05, 4.69) is 20.4 Å². The van der Waals surface area contributed by atoms with Gasteiger partial charge in [0.05, 0.1) is 12.2 Å². The molecule has 38 heavy (non-hydrogen) atoms. The van der Waals surface area contributed by atoms with E-state index in [-0.39, 0.29) is 53.4 Å². The van der Waals surface area contributed by atoms with Crippen molar-refractivity contribution in [1.82, 2.24) is 20.5 Å². The van der Waals surface area contributed by atoms with E-state index in [1.807, 2.05) is 20.8 Å². The van der Waals surface area contributed by atoms with E-state index in [9.17, 15) is 23.2 Å². The number of ether oxygens (including phenoxy) is 2. The van der Waals surface area contributed by atoms with Crippen molar-refractivity contribution in [3.05, 3.63) is 53.3 Å². The van der Waals surface area contributed by atoms with Crippen LogP contribution in [0.4, 0.5) is 8.78 Å². The van der Waals surface area contributed by atoms with Gasteiger partial charge in [0, 0.05) is 44.7 Å². The first kappa shape index (κ1) is 28.8. The van der Waals surface area contributed by atoms with E-state index >= 15 is 0 Å². The number of pyridine rings is 1. The van der Waals surface area contributed by atoms with Gasteiger partial charge >= 0.3 is 6.61 Å². The first-order chi connectivity index (χ1) is 18.1. The fourth-order valence-electron chi connectivity index (χ4n) is 4.30. The normalized spacial score (nSPS) is 17.0. The van der Waals surface area contributed by atoms with Crippen LogP contribution in [0.5, 0.6) is 11.5 Å². The zero-order chi connectivity index (χ0) is 27.8. The highest BCUT2D eigenvalue weighted by Gasteiger charge is 2.35. The van der Waals surface area contributed by atoms with Crippen LogP contribution in [0.1, 0.15) is 66.4 Å². The maximum atomic E-state index is 12.9. The second kappa shape index (κ2) is 13.2. The summed E-state index contributed by atoms with van der Waals surface area (Å²) in [4.78, 5) is 42.7. The van der Waals surface area contributed by atoms with Gasteiger partial charge in [0.2, 0.25) is 5.91 Å². The topological polar surface area (TPSA) is 110 Å². The summed E-state index contributed by atoms with van der Waals surface area (Å²) in [6, 6.07) is 7.57. The van der Waals surface area contributed by atoms with Crippen LogP contribution in [0.15, 0.2) is 36.5 Å². The molecule has 3 rings (SSSR count). The van der Waals surface area contributed by atoms with Crippen LogP contribution in [0.25, 0.3) is 0 Å². The summed E-state index contributed by atoms with van der Waals surface area (Å²) >= 11 is 0. The number of alkyl halides is 2. The van der Waals surface area contributed by atoms with Crippen molar-refractivity contribution < 1.29 is 32.6 Å². The summed E-state index contributed by atoms with van der Waals surface area (Å²) in [6.07, 6.45) is 1.90. The fraction of sp³-hybridized carbons (Fsp3) is 0.481. The molecule has 0 bridgehead atoms. The third-order valence-electron chi connectivity index (χ3n) is 6.14. The zero-order valence-corrected chi connectivity index (χ0v) is 22.0. The molecule has 0 radical (unpaired) electrons. The molecule has 1 aliphatic rings. The van der Waals surface area contributed by atoms with Crippen LogP contribution >= 0.6 is 0 Å². The van der Waals surface area contributed by atoms with Crippen molar-refractivity contribution in [3.8, 4) is 11.5 Å². The molecule has 206 valence electrons. The number of nitrogens with one attached hydrogen (secondary N) is 2. The Kier molecular flexibility index (Phi) is 9.98. The van der Waals surface area contributed by atoms with E-state index in [0.717, 1.165) is 5.56 Å². The number of hydrogen-bond donors (Lipinski definition) is 2. The first-order valence-corrected chi connectivity index (χ1v) is 12.6. The Morgan fingerprint density at radius 2 is 1.87 bits per heavy atom. The lowest BCUT2D eigenvalue weighted by Crippen LogP contribution is -2.42. The highest BCUT2D eigenvalue weighted by Crippen LogP contribution is 2.37. The average Bonchev–Trinajstić information content (AvgIpc) is 3.31. The lowest BCUT2D eigenvalue weighted by atomic mass is 9.96. The van der Waals surface area contributed by atoms with Gasteiger partial charge < -0.3 is 25.0 Å². The van der Waals surface area contributed by atoms with Gasteiger partial charge in [0.15, 0.2) is 11.5 Å². The van der Waals surface area contributed by atoms with Crippen LogP contribution < -0.4 is 20.1 Å². The van der Waals surface area contributed by atoms with Gasteiger partial charge in [0.25, 0.3) is 11.8 Å². The van der Waals surface area contributed by atoms with Crippen molar-refractivity contribution in [2.45, 2.75) is 52.7 Å². The Balaban J connectivity index is 1.69. The number of nitrogens with zero attached hydrogens (tertiary/aromatic N) is 2.